The predicted octanol–water partition coefficient (Wildman–Crippen LogP) is 2.29. The van der Waals surface area contributed by atoms with Crippen LogP contribution in [-0.2, 0) is 0 Å². The van der Waals surface area contributed by atoms with Gasteiger partial charge in [-0.1, -0.05) is 0 Å². The van der Waals surface area contributed by atoms with Crippen molar-refractivity contribution in [1.82, 2.24) is 10.3 Å². The van der Waals surface area contributed by atoms with E-state index in [2.05, 4.69) is 23.3 Å². The SMILES string of the molecule is CNC(C)(C#N)CSc1cc(C)cc(C)n1. The first kappa shape index (κ1) is 13.0. The monoisotopic (exact) mass is 235 g/mol. The molecule has 0 amide bonds. The summed E-state index contributed by atoms with van der Waals surface area (Å²) in [4.78, 5) is 4.43. The van der Waals surface area contributed by atoms with Gasteiger partial charge in [0.2, 0.25) is 0 Å². The van der Waals surface area contributed by atoms with Gasteiger partial charge in [0.25, 0.3) is 0 Å². The second-order valence-corrected chi connectivity index (χ2v) is 5.10. The Balaban J connectivity index is 2.72. The van der Waals surface area contributed by atoms with Gasteiger partial charge in [-0.3, -0.25) is 0 Å². The van der Waals surface area contributed by atoms with Gasteiger partial charge in [-0.05, 0) is 45.5 Å². The van der Waals surface area contributed by atoms with Gasteiger partial charge < -0.3 is 5.32 Å². The zero-order chi connectivity index (χ0) is 12.2. The summed E-state index contributed by atoms with van der Waals surface area (Å²) in [5.74, 6) is 0.690. The van der Waals surface area contributed by atoms with Crippen LogP contribution >= 0.6 is 11.8 Å². The molecule has 0 aliphatic rings. The largest absolute Gasteiger partial charge is 0.302 e. The first-order chi connectivity index (χ1) is 7.49. The van der Waals surface area contributed by atoms with Gasteiger partial charge in [-0.15, -0.1) is 11.8 Å². The minimum atomic E-state index is -0.496. The number of rotatable bonds is 4. The molecule has 0 radical (unpaired) electrons. The van der Waals surface area contributed by atoms with Gasteiger partial charge in [-0.25, -0.2) is 4.98 Å². The molecule has 86 valence electrons. The van der Waals surface area contributed by atoms with E-state index in [1.165, 1.54) is 5.56 Å². The molecule has 1 heterocycles. The van der Waals surface area contributed by atoms with Crippen molar-refractivity contribution in [2.24, 2.45) is 0 Å². The highest BCUT2D eigenvalue weighted by atomic mass is 32.2. The van der Waals surface area contributed by atoms with E-state index in [0.717, 1.165) is 10.7 Å². The lowest BCUT2D eigenvalue weighted by atomic mass is 10.1. The van der Waals surface area contributed by atoms with Crippen molar-refractivity contribution in [1.29, 1.82) is 5.26 Å². The topological polar surface area (TPSA) is 48.7 Å². The van der Waals surface area contributed by atoms with Crippen LogP contribution in [0, 0.1) is 25.2 Å². The molecule has 0 bridgehead atoms. The highest BCUT2D eigenvalue weighted by Crippen LogP contribution is 2.21. The standard InChI is InChI=1S/C12H17N3S/c1-9-5-10(2)15-11(6-9)16-8-12(3,7-13)14-4/h5-6,14H,8H2,1-4H3. The third-order valence-corrected chi connectivity index (χ3v) is 3.61. The van der Waals surface area contributed by atoms with Crippen LogP contribution in [0.25, 0.3) is 0 Å². The van der Waals surface area contributed by atoms with E-state index in [9.17, 15) is 0 Å². The van der Waals surface area contributed by atoms with Crippen molar-refractivity contribution in [3.8, 4) is 6.07 Å². The Kier molecular flexibility index (Phi) is 4.34. The molecule has 1 aromatic rings. The predicted molar refractivity (Wildman–Crippen MR) is 67.5 cm³/mol. The number of nitrogens with one attached hydrogen (secondary N) is 1. The summed E-state index contributed by atoms with van der Waals surface area (Å²) in [6.45, 7) is 5.93. The van der Waals surface area contributed by atoms with Crippen LogP contribution in [-0.4, -0.2) is 23.3 Å². The molecule has 0 aromatic carbocycles. The zero-order valence-corrected chi connectivity index (χ0v) is 11.0. The zero-order valence-electron chi connectivity index (χ0n) is 10.2. The molecule has 0 spiro atoms. The number of aryl methyl sites for hydroxylation is 2. The van der Waals surface area contributed by atoms with Crippen LogP contribution in [0.4, 0.5) is 0 Å². The lowest BCUT2D eigenvalue weighted by Gasteiger charge is -2.19. The molecule has 1 unspecified atom stereocenters. The minimum absolute atomic E-state index is 0.496. The van der Waals surface area contributed by atoms with Gasteiger partial charge in [0.1, 0.15) is 5.54 Å². The van der Waals surface area contributed by atoms with Gasteiger partial charge in [0, 0.05) is 11.4 Å². The minimum Gasteiger partial charge on any atom is -0.302 e. The molecule has 3 nitrogen and oxygen atoms in total. The van der Waals surface area contributed by atoms with E-state index in [0.29, 0.717) is 5.75 Å². The Labute approximate surface area is 101 Å². The first-order valence-corrected chi connectivity index (χ1v) is 6.16. The average Bonchev–Trinajstić information content (AvgIpc) is 2.25. The number of hydrogen-bond acceptors (Lipinski definition) is 4. The number of nitriles is 1. The molecule has 0 aliphatic heterocycles. The maximum atomic E-state index is 9.03. The summed E-state index contributed by atoms with van der Waals surface area (Å²) in [5.41, 5.74) is 1.73. The molecule has 1 aromatic heterocycles. The van der Waals surface area contributed by atoms with E-state index >= 15 is 0 Å². The highest BCUT2D eigenvalue weighted by Gasteiger charge is 2.21. The molecular weight excluding hydrogens is 218 g/mol. The molecule has 0 aliphatic carbocycles. The van der Waals surface area contributed by atoms with E-state index < -0.39 is 5.54 Å². The normalized spacial score (nSPS) is 14.2. The van der Waals surface area contributed by atoms with Crippen molar-refractivity contribution in [2.75, 3.05) is 12.8 Å². The van der Waals surface area contributed by atoms with E-state index in [4.69, 9.17) is 5.26 Å². The molecule has 0 saturated heterocycles. The quantitative estimate of drug-likeness (QED) is 0.813. The maximum Gasteiger partial charge on any atom is 0.113 e. The van der Waals surface area contributed by atoms with Crippen molar-refractivity contribution in [2.45, 2.75) is 31.3 Å². The summed E-state index contributed by atoms with van der Waals surface area (Å²) in [7, 11) is 1.80. The summed E-state index contributed by atoms with van der Waals surface area (Å²) in [6.07, 6.45) is 0. The second kappa shape index (κ2) is 5.33. The van der Waals surface area contributed by atoms with E-state index in [1.807, 2.05) is 26.0 Å². The van der Waals surface area contributed by atoms with Crippen molar-refractivity contribution >= 4 is 11.8 Å². The van der Waals surface area contributed by atoms with Crippen LogP contribution in [0.15, 0.2) is 17.2 Å². The Morgan fingerprint density at radius 2 is 2.19 bits per heavy atom. The van der Waals surface area contributed by atoms with Crippen LogP contribution < -0.4 is 5.32 Å². The number of hydrogen-bond donors (Lipinski definition) is 1. The Morgan fingerprint density at radius 3 is 2.69 bits per heavy atom. The van der Waals surface area contributed by atoms with Crippen molar-refractivity contribution in [3.63, 3.8) is 0 Å². The average molecular weight is 235 g/mol. The third kappa shape index (κ3) is 3.51. The lowest BCUT2D eigenvalue weighted by Crippen LogP contribution is -2.40. The number of pyridine rings is 1. The molecule has 16 heavy (non-hydrogen) atoms. The van der Waals surface area contributed by atoms with Crippen LogP contribution in [0.5, 0.6) is 0 Å². The van der Waals surface area contributed by atoms with Crippen LogP contribution in [0.3, 0.4) is 0 Å². The molecule has 1 N–H and O–H groups in total. The Hall–Kier alpha value is -1.05. The van der Waals surface area contributed by atoms with E-state index in [-0.39, 0.29) is 0 Å². The lowest BCUT2D eigenvalue weighted by molar-refractivity contribution is 0.550. The molecule has 0 fully saturated rings. The van der Waals surface area contributed by atoms with Gasteiger partial charge in [0.05, 0.1) is 11.1 Å². The number of aromatic nitrogens is 1. The molecule has 1 rings (SSSR count). The fourth-order valence-corrected chi connectivity index (χ4v) is 2.38. The fourth-order valence-electron chi connectivity index (χ4n) is 1.26. The van der Waals surface area contributed by atoms with Crippen LogP contribution in [0.2, 0.25) is 0 Å². The second-order valence-electron chi connectivity index (χ2n) is 4.11. The summed E-state index contributed by atoms with van der Waals surface area (Å²) >= 11 is 1.61. The summed E-state index contributed by atoms with van der Waals surface area (Å²) < 4.78 is 0. The smallest absolute Gasteiger partial charge is 0.113 e. The first-order valence-electron chi connectivity index (χ1n) is 5.17. The van der Waals surface area contributed by atoms with Crippen molar-refractivity contribution < 1.29 is 0 Å². The highest BCUT2D eigenvalue weighted by molar-refractivity contribution is 7.99. The third-order valence-electron chi connectivity index (χ3n) is 2.38. The molecule has 0 saturated carbocycles. The number of nitrogens with zero attached hydrogens (tertiary/aromatic N) is 2. The summed E-state index contributed by atoms with van der Waals surface area (Å²) in [6, 6.07) is 6.36. The maximum absolute atomic E-state index is 9.03. The van der Waals surface area contributed by atoms with Gasteiger partial charge in [0.15, 0.2) is 0 Å². The van der Waals surface area contributed by atoms with Crippen molar-refractivity contribution in [3.05, 3.63) is 23.4 Å². The fraction of sp³-hybridized carbons (Fsp3) is 0.500. The molecule has 4 heteroatoms. The Bertz CT molecular complexity index is 391. The van der Waals surface area contributed by atoms with E-state index in [1.54, 1.807) is 18.8 Å². The van der Waals surface area contributed by atoms with Crippen LogP contribution in [0.1, 0.15) is 18.2 Å². The number of thioether (sulfide) groups is 1. The van der Waals surface area contributed by atoms with Gasteiger partial charge >= 0.3 is 0 Å². The van der Waals surface area contributed by atoms with Gasteiger partial charge in [-0.2, -0.15) is 5.26 Å². The molecular formula is C12H17N3S. The summed E-state index contributed by atoms with van der Waals surface area (Å²) in [5, 5.41) is 13.0. The Morgan fingerprint density at radius 1 is 1.50 bits per heavy atom. The molecule has 1 atom stereocenters.